The van der Waals surface area contributed by atoms with Gasteiger partial charge in [0, 0.05) is 18.3 Å². The van der Waals surface area contributed by atoms with Crippen molar-refractivity contribution in [3.05, 3.63) is 29.8 Å². The number of hydrogen-bond acceptors (Lipinski definition) is 6. The lowest BCUT2D eigenvalue weighted by Crippen LogP contribution is -2.57. The molecule has 1 aromatic rings. The highest BCUT2D eigenvalue weighted by atomic mass is 16.5. The highest BCUT2D eigenvalue weighted by Crippen LogP contribution is 2.64. The molecule has 0 aromatic heterocycles. The summed E-state index contributed by atoms with van der Waals surface area (Å²) in [4.78, 5) is 12.6. The fourth-order valence-corrected chi connectivity index (χ4v) is 4.24. The van der Waals surface area contributed by atoms with Crippen LogP contribution in [0.1, 0.15) is 24.8 Å². The summed E-state index contributed by atoms with van der Waals surface area (Å²) in [6, 6.07) is 12.5. The molecule has 1 amide bonds. The van der Waals surface area contributed by atoms with Crippen LogP contribution in [0.3, 0.4) is 0 Å². The van der Waals surface area contributed by atoms with Gasteiger partial charge in [-0.15, -0.1) is 0 Å². The zero-order valence-corrected chi connectivity index (χ0v) is 13.8. The molecule has 3 rings (SSSR count). The molecule has 1 aliphatic carbocycles. The van der Waals surface area contributed by atoms with Crippen molar-refractivity contribution in [3.8, 4) is 24.0 Å². The molecule has 7 nitrogen and oxygen atoms in total. The number of nitrogens with one attached hydrogen (secondary N) is 1. The lowest BCUT2D eigenvalue weighted by atomic mass is 9.48. The summed E-state index contributed by atoms with van der Waals surface area (Å²) in [6.45, 7) is 1.52. The predicted octanol–water partition coefficient (Wildman–Crippen LogP) is 1.18. The molecule has 7 heteroatoms. The van der Waals surface area contributed by atoms with Crippen LogP contribution in [0, 0.1) is 50.7 Å². The van der Waals surface area contributed by atoms with Crippen LogP contribution in [0.2, 0.25) is 0 Å². The molecule has 1 aromatic carbocycles. The lowest BCUT2D eigenvalue weighted by Gasteiger charge is -2.48. The zero-order chi connectivity index (χ0) is 18.5. The number of nitriles is 3. The molecule has 1 saturated carbocycles. The van der Waals surface area contributed by atoms with Gasteiger partial charge in [0.2, 0.25) is 5.91 Å². The molecule has 1 saturated heterocycles. The zero-order valence-electron chi connectivity index (χ0n) is 13.8. The van der Waals surface area contributed by atoms with Crippen molar-refractivity contribution in [3.63, 3.8) is 0 Å². The van der Waals surface area contributed by atoms with E-state index in [0.29, 0.717) is 11.3 Å². The van der Waals surface area contributed by atoms with Crippen molar-refractivity contribution in [1.82, 2.24) is 5.32 Å². The Morgan fingerprint density at radius 1 is 1.20 bits per heavy atom. The number of rotatable bonds is 2. The molecule has 0 spiro atoms. The Morgan fingerprint density at radius 3 is 2.28 bits per heavy atom. The van der Waals surface area contributed by atoms with E-state index in [-0.39, 0.29) is 6.42 Å². The predicted molar refractivity (Wildman–Crippen MR) is 84.3 cm³/mol. The van der Waals surface area contributed by atoms with Crippen LogP contribution < -0.4 is 10.1 Å². The van der Waals surface area contributed by atoms with E-state index in [1.165, 1.54) is 14.0 Å². The van der Waals surface area contributed by atoms with E-state index in [9.17, 15) is 25.7 Å². The first-order valence-electron chi connectivity index (χ1n) is 7.78. The van der Waals surface area contributed by atoms with Crippen molar-refractivity contribution in [1.29, 1.82) is 15.8 Å². The first-order chi connectivity index (χ1) is 11.8. The minimum atomic E-state index is -1.95. The van der Waals surface area contributed by atoms with Crippen LogP contribution in [-0.2, 0) is 4.79 Å². The van der Waals surface area contributed by atoms with Gasteiger partial charge in [-0.05, 0) is 17.7 Å². The number of carbonyl (C=O) groups excluding carboxylic acids is 1. The Kier molecular flexibility index (Phi) is 3.49. The molecule has 4 atom stereocenters. The third kappa shape index (κ3) is 1.78. The van der Waals surface area contributed by atoms with E-state index in [1.54, 1.807) is 24.3 Å². The number of carbonyl (C=O) groups is 1. The fraction of sp³-hybridized carbons (Fsp3) is 0.444. The van der Waals surface area contributed by atoms with Gasteiger partial charge in [0.15, 0.2) is 10.8 Å². The summed E-state index contributed by atoms with van der Waals surface area (Å²) in [5.74, 6) is -1.89. The van der Waals surface area contributed by atoms with E-state index in [2.05, 4.69) is 5.32 Å². The first-order valence-corrected chi connectivity index (χ1v) is 7.78. The Labute approximate surface area is 145 Å². The largest absolute Gasteiger partial charge is 0.497 e. The Morgan fingerprint density at radius 2 is 1.80 bits per heavy atom. The molecule has 25 heavy (non-hydrogen) atoms. The van der Waals surface area contributed by atoms with Crippen molar-refractivity contribution < 1.29 is 14.6 Å². The third-order valence-electron chi connectivity index (χ3n) is 5.76. The van der Waals surface area contributed by atoms with E-state index in [1.807, 2.05) is 18.2 Å². The molecule has 126 valence electrons. The van der Waals surface area contributed by atoms with Gasteiger partial charge in [0.05, 0.1) is 25.3 Å². The molecule has 1 heterocycles. The number of ether oxygens (including phenoxy) is 1. The minimum Gasteiger partial charge on any atom is -0.497 e. The third-order valence-corrected chi connectivity index (χ3v) is 5.76. The minimum absolute atomic E-state index is 0.0310. The van der Waals surface area contributed by atoms with Crippen molar-refractivity contribution in [2.45, 2.75) is 25.0 Å². The average molecular weight is 336 g/mol. The smallest absolute Gasteiger partial charge is 0.245 e. The second-order valence-electron chi connectivity index (χ2n) is 6.58. The van der Waals surface area contributed by atoms with Gasteiger partial charge >= 0.3 is 0 Å². The first kappa shape index (κ1) is 16.8. The normalized spacial score (nSPS) is 35.0. The Balaban J connectivity index is 2.26. The Hall–Kier alpha value is -3.08. The molecule has 0 unspecified atom stereocenters. The molecular formula is C18H16N4O3. The summed E-state index contributed by atoms with van der Waals surface area (Å²) in [5.41, 5.74) is -4.92. The van der Waals surface area contributed by atoms with Gasteiger partial charge in [0.25, 0.3) is 0 Å². The van der Waals surface area contributed by atoms with Crippen molar-refractivity contribution in [2.75, 3.05) is 7.11 Å². The highest BCUT2D eigenvalue weighted by Gasteiger charge is 2.77. The summed E-state index contributed by atoms with van der Waals surface area (Å²) in [5, 5.41) is 43.0. The number of methoxy groups -OCH3 is 1. The number of nitrogens with zero attached hydrogens (tertiary/aromatic N) is 3. The number of hydrogen-bond donors (Lipinski definition) is 2. The molecule has 0 radical (unpaired) electrons. The monoisotopic (exact) mass is 336 g/mol. The maximum absolute atomic E-state index is 12.6. The van der Waals surface area contributed by atoms with Gasteiger partial charge in [-0.1, -0.05) is 19.1 Å². The molecule has 2 fully saturated rings. The second-order valence-corrected chi connectivity index (χ2v) is 6.58. The summed E-state index contributed by atoms with van der Waals surface area (Å²) < 4.78 is 5.11. The number of benzene rings is 1. The standard InChI is InChI=1S/C18H16N4O3/c1-11-17(10-21)15(23)22-18(11,24)7-14(16(17,8-19)9-20)12-3-5-13(25-2)6-4-12/h3-6,11,14,24H,7H2,1-2H3,(H,22,23)/t11-,14+,17-,18+/m1/s1. The average Bonchev–Trinajstić information content (AvgIpc) is 2.77. The van der Waals surface area contributed by atoms with Crippen molar-refractivity contribution in [2.24, 2.45) is 16.7 Å². The van der Waals surface area contributed by atoms with Gasteiger partial charge < -0.3 is 15.2 Å². The maximum atomic E-state index is 12.6. The number of amides is 1. The van der Waals surface area contributed by atoms with Crippen LogP contribution in [0.25, 0.3) is 0 Å². The van der Waals surface area contributed by atoms with Gasteiger partial charge in [-0.25, -0.2) is 0 Å². The topological polar surface area (TPSA) is 130 Å². The van der Waals surface area contributed by atoms with Crippen LogP contribution >= 0.6 is 0 Å². The lowest BCUT2D eigenvalue weighted by molar-refractivity contribution is -0.130. The molecule has 2 N–H and O–H groups in total. The quantitative estimate of drug-likeness (QED) is 0.834. The van der Waals surface area contributed by atoms with Gasteiger partial charge in [-0.2, -0.15) is 15.8 Å². The SMILES string of the molecule is COc1ccc([C@@H]2C[C@@]3(O)NC(=O)[C@@](C#N)([C@H]3C)C2(C#N)C#N)cc1. The van der Waals surface area contributed by atoms with Crippen LogP contribution in [0.5, 0.6) is 5.75 Å². The highest BCUT2D eigenvalue weighted by molar-refractivity contribution is 5.92. The van der Waals surface area contributed by atoms with Crippen LogP contribution in [0.15, 0.2) is 24.3 Å². The van der Waals surface area contributed by atoms with E-state index < -0.39 is 34.3 Å². The fourth-order valence-electron chi connectivity index (χ4n) is 4.24. The second kappa shape index (κ2) is 5.21. The van der Waals surface area contributed by atoms with Crippen LogP contribution in [-0.4, -0.2) is 23.8 Å². The van der Waals surface area contributed by atoms with Crippen LogP contribution in [0.4, 0.5) is 0 Å². The molecule has 1 aliphatic heterocycles. The summed E-state index contributed by atoms with van der Waals surface area (Å²) in [6.07, 6.45) is -0.0310. The van der Waals surface area contributed by atoms with E-state index in [4.69, 9.17) is 4.74 Å². The molecule has 2 aliphatic rings. The molecule has 2 bridgehead atoms. The van der Waals surface area contributed by atoms with E-state index in [0.717, 1.165) is 0 Å². The van der Waals surface area contributed by atoms with Crippen molar-refractivity contribution >= 4 is 5.91 Å². The van der Waals surface area contributed by atoms with Gasteiger partial charge in [0.1, 0.15) is 11.5 Å². The Bertz CT molecular complexity index is 846. The summed E-state index contributed by atoms with van der Waals surface area (Å²) >= 11 is 0. The van der Waals surface area contributed by atoms with Gasteiger partial charge in [-0.3, -0.25) is 4.79 Å². The molecular weight excluding hydrogens is 320 g/mol. The maximum Gasteiger partial charge on any atom is 0.245 e. The summed E-state index contributed by atoms with van der Waals surface area (Å²) in [7, 11) is 1.52. The number of aliphatic hydroxyl groups is 1. The number of fused-ring (bicyclic) bond motifs is 2. The van der Waals surface area contributed by atoms with E-state index >= 15 is 0 Å².